The molecule has 2 rings (SSSR count). The van der Waals surface area contributed by atoms with Gasteiger partial charge in [0, 0.05) is 11.6 Å². The molecule has 0 radical (unpaired) electrons. The van der Waals surface area contributed by atoms with Gasteiger partial charge in [0.15, 0.2) is 5.76 Å². The van der Waals surface area contributed by atoms with Crippen molar-refractivity contribution in [1.29, 1.82) is 0 Å². The van der Waals surface area contributed by atoms with E-state index in [1.807, 2.05) is 6.92 Å². The summed E-state index contributed by atoms with van der Waals surface area (Å²) in [5.41, 5.74) is 3.73. The minimum atomic E-state index is -0.912. The smallest absolute Gasteiger partial charge is 0.309 e. The normalized spacial score (nSPS) is 11.6. The first-order valence-corrected chi connectivity index (χ1v) is 6.56. The molecular formula is C16H19NO3. The molecule has 0 amide bonds. The van der Waals surface area contributed by atoms with Crippen molar-refractivity contribution in [2.75, 3.05) is 0 Å². The summed E-state index contributed by atoms with van der Waals surface area (Å²) in [7, 11) is 0. The third-order valence-electron chi connectivity index (χ3n) is 3.26. The van der Waals surface area contributed by atoms with E-state index in [0.717, 1.165) is 11.1 Å². The van der Waals surface area contributed by atoms with Crippen LogP contribution in [-0.4, -0.2) is 16.2 Å². The zero-order chi connectivity index (χ0) is 14.9. The summed E-state index contributed by atoms with van der Waals surface area (Å²) in [4.78, 5) is 10.7. The van der Waals surface area contributed by atoms with Crippen LogP contribution >= 0.6 is 0 Å². The number of benzene rings is 1. The summed E-state index contributed by atoms with van der Waals surface area (Å²) in [6, 6.07) is 7.94. The molecule has 0 saturated carbocycles. The predicted octanol–water partition coefficient (Wildman–Crippen LogP) is 3.57. The van der Waals surface area contributed by atoms with Crippen LogP contribution < -0.4 is 0 Å². The van der Waals surface area contributed by atoms with Gasteiger partial charge in [0.2, 0.25) is 0 Å². The molecule has 106 valence electrons. The van der Waals surface area contributed by atoms with E-state index in [-0.39, 0.29) is 11.8 Å². The Labute approximate surface area is 118 Å². The molecule has 1 aromatic carbocycles. The SMILES string of the molecule is Cc1ccc(C(C)(C)C)cc1-c1cc(CC(=O)O)no1. The summed E-state index contributed by atoms with van der Waals surface area (Å²) >= 11 is 0. The Morgan fingerprint density at radius 2 is 2.00 bits per heavy atom. The molecule has 4 heteroatoms. The maximum absolute atomic E-state index is 10.7. The van der Waals surface area contributed by atoms with Crippen LogP contribution in [0.3, 0.4) is 0 Å². The summed E-state index contributed by atoms with van der Waals surface area (Å²) < 4.78 is 5.29. The lowest BCUT2D eigenvalue weighted by molar-refractivity contribution is -0.136. The number of rotatable bonds is 3. The van der Waals surface area contributed by atoms with E-state index >= 15 is 0 Å². The second kappa shape index (κ2) is 5.12. The molecule has 0 fully saturated rings. The van der Waals surface area contributed by atoms with Gasteiger partial charge in [-0.05, 0) is 29.5 Å². The minimum absolute atomic E-state index is 0.0480. The highest BCUT2D eigenvalue weighted by molar-refractivity contribution is 5.71. The highest BCUT2D eigenvalue weighted by Gasteiger charge is 2.17. The fourth-order valence-electron chi connectivity index (χ4n) is 2.03. The van der Waals surface area contributed by atoms with Crippen molar-refractivity contribution in [1.82, 2.24) is 5.16 Å². The molecule has 0 aliphatic rings. The second-order valence-corrected chi connectivity index (χ2v) is 6.03. The summed E-state index contributed by atoms with van der Waals surface area (Å²) in [5, 5.41) is 12.6. The van der Waals surface area contributed by atoms with Crippen molar-refractivity contribution in [3.63, 3.8) is 0 Å². The average Bonchev–Trinajstić information content (AvgIpc) is 2.75. The van der Waals surface area contributed by atoms with E-state index in [2.05, 4.69) is 44.1 Å². The molecular weight excluding hydrogens is 254 g/mol. The number of carboxylic acid groups (broad SMARTS) is 1. The molecule has 2 aromatic rings. The number of carboxylic acids is 1. The number of carbonyl (C=O) groups is 1. The van der Waals surface area contributed by atoms with Gasteiger partial charge in [0.25, 0.3) is 0 Å². The van der Waals surface area contributed by atoms with Crippen LogP contribution in [0, 0.1) is 6.92 Å². The van der Waals surface area contributed by atoms with Gasteiger partial charge in [-0.15, -0.1) is 0 Å². The van der Waals surface area contributed by atoms with Gasteiger partial charge < -0.3 is 9.63 Å². The lowest BCUT2D eigenvalue weighted by Gasteiger charge is -2.20. The number of hydrogen-bond donors (Lipinski definition) is 1. The highest BCUT2D eigenvalue weighted by Crippen LogP contribution is 2.30. The van der Waals surface area contributed by atoms with E-state index in [1.54, 1.807) is 6.07 Å². The van der Waals surface area contributed by atoms with Gasteiger partial charge in [-0.2, -0.15) is 0 Å². The molecule has 1 N–H and O–H groups in total. The lowest BCUT2D eigenvalue weighted by Crippen LogP contribution is -2.11. The number of nitrogens with zero attached hydrogens (tertiary/aromatic N) is 1. The van der Waals surface area contributed by atoms with Gasteiger partial charge in [-0.25, -0.2) is 0 Å². The monoisotopic (exact) mass is 273 g/mol. The van der Waals surface area contributed by atoms with Gasteiger partial charge >= 0.3 is 5.97 Å². The van der Waals surface area contributed by atoms with E-state index in [0.29, 0.717) is 11.5 Å². The fourth-order valence-corrected chi connectivity index (χ4v) is 2.03. The van der Waals surface area contributed by atoms with Gasteiger partial charge in [0.05, 0.1) is 12.1 Å². The minimum Gasteiger partial charge on any atom is -0.481 e. The van der Waals surface area contributed by atoms with Crippen LogP contribution in [-0.2, 0) is 16.6 Å². The number of aromatic nitrogens is 1. The first kappa shape index (κ1) is 14.3. The molecule has 0 unspecified atom stereocenters. The topological polar surface area (TPSA) is 63.3 Å². The zero-order valence-corrected chi connectivity index (χ0v) is 12.2. The van der Waals surface area contributed by atoms with Crippen molar-refractivity contribution in [2.45, 2.75) is 39.5 Å². The third-order valence-corrected chi connectivity index (χ3v) is 3.26. The Balaban J connectivity index is 2.41. The van der Waals surface area contributed by atoms with Crippen LogP contribution in [0.25, 0.3) is 11.3 Å². The largest absolute Gasteiger partial charge is 0.481 e. The van der Waals surface area contributed by atoms with Crippen LogP contribution in [0.15, 0.2) is 28.8 Å². The summed E-state index contributed by atoms with van der Waals surface area (Å²) in [6.07, 6.45) is -0.124. The van der Waals surface area contributed by atoms with E-state index in [9.17, 15) is 4.79 Å². The third kappa shape index (κ3) is 3.07. The Morgan fingerprint density at radius 3 is 2.60 bits per heavy atom. The van der Waals surface area contributed by atoms with E-state index in [1.165, 1.54) is 5.56 Å². The first-order chi connectivity index (χ1) is 9.27. The molecule has 1 aromatic heterocycles. The first-order valence-electron chi connectivity index (χ1n) is 6.56. The maximum Gasteiger partial charge on any atom is 0.309 e. The Bertz CT molecular complexity index is 635. The molecule has 0 spiro atoms. The van der Waals surface area contributed by atoms with Crippen LogP contribution in [0.4, 0.5) is 0 Å². The molecule has 4 nitrogen and oxygen atoms in total. The number of aryl methyl sites for hydroxylation is 1. The van der Waals surface area contributed by atoms with E-state index in [4.69, 9.17) is 9.63 Å². The van der Waals surface area contributed by atoms with Crippen molar-refractivity contribution < 1.29 is 14.4 Å². The summed E-state index contributed by atoms with van der Waals surface area (Å²) in [6.45, 7) is 8.45. The fraction of sp³-hybridized carbons (Fsp3) is 0.375. The lowest BCUT2D eigenvalue weighted by atomic mass is 9.85. The highest BCUT2D eigenvalue weighted by atomic mass is 16.5. The maximum atomic E-state index is 10.7. The Hall–Kier alpha value is -2.10. The molecule has 0 bridgehead atoms. The molecule has 0 saturated heterocycles. The van der Waals surface area contributed by atoms with E-state index < -0.39 is 5.97 Å². The predicted molar refractivity (Wildman–Crippen MR) is 76.7 cm³/mol. The number of aliphatic carboxylic acids is 1. The van der Waals surface area contributed by atoms with Crippen LogP contribution in [0.5, 0.6) is 0 Å². The summed E-state index contributed by atoms with van der Waals surface area (Å²) in [5.74, 6) is -0.296. The Morgan fingerprint density at radius 1 is 1.30 bits per heavy atom. The average molecular weight is 273 g/mol. The standard InChI is InChI=1S/C16H19NO3/c1-10-5-6-11(16(2,3)4)7-13(10)14-8-12(17-20-14)9-15(18)19/h5-8H,9H2,1-4H3,(H,18,19). The Kier molecular flexibility index (Phi) is 3.66. The molecule has 1 heterocycles. The molecule has 0 aliphatic carbocycles. The molecule has 0 atom stereocenters. The van der Waals surface area contributed by atoms with Crippen LogP contribution in [0.2, 0.25) is 0 Å². The van der Waals surface area contributed by atoms with Gasteiger partial charge in [-0.1, -0.05) is 38.1 Å². The zero-order valence-electron chi connectivity index (χ0n) is 12.2. The van der Waals surface area contributed by atoms with Crippen molar-refractivity contribution in [3.8, 4) is 11.3 Å². The molecule has 0 aliphatic heterocycles. The van der Waals surface area contributed by atoms with Crippen molar-refractivity contribution >= 4 is 5.97 Å². The van der Waals surface area contributed by atoms with Crippen molar-refractivity contribution in [2.24, 2.45) is 0 Å². The molecule has 20 heavy (non-hydrogen) atoms. The van der Waals surface area contributed by atoms with Gasteiger partial charge in [-0.3, -0.25) is 4.79 Å². The van der Waals surface area contributed by atoms with Crippen molar-refractivity contribution in [3.05, 3.63) is 41.1 Å². The van der Waals surface area contributed by atoms with Gasteiger partial charge in [0.1, 0.15) is 0 Å². The quantitative estimate of drug-likeness (QED) is 0.928. The second-order valence-electron chi connectivity index (χ2n) is 6.03. The number of hydrogen-bond acceptors (Lipinski definition) is 3. The van der Waals surface area contributed by atoms with Crippen LogP contribution in [0.1, 0.15) is 37.6 Å².